The molecule has 0 fully saturated rings. The maximum absolute atomic E-state index is 10.6. The van der Waals surface area contributed by atoms with E-state index in [1.54, 1.807) is 0 Å². The Balaban J connectivity index is 0.00000144. The Morgan fingerprint density at radius 1 is 0.615 bits per heavy atom. The van der Waals surface area contributed by atoms with Gasteiger partial charge in [-0.3, -0.25) is 9.59 Å². The van der Waals surface area contributed by atoms with Gasteiger partial charge in [-0.1, -0.05) is 0 Å². The van der Waals surface area contributed by atoms with Gasteiger partial charge in [-0.05, 0) is 0 Å². The van der Waals surface area contributed by atoms with Crippen LogP contribution < -0.4 is 0 Å². The van der Waals surface area contributed by atoms with Crippen molar-refractivity contribution in [3.8, 4) is 0 Å². The van der Waals surface area contributed by atoms with E-state index in [4.69, 9.17) is 20.4 Å². The second-order valence-corrected chi connectivity index (χ2v) is 2.05. The predicted molar refractivity (Wildman–Crippen MR) is 34.6 cm³/mol. The molecule has 0 aromatic rings. The molecule has 0 aromatic heterocycles. The van der Waals surface area contributed by atoms with E-state index >= 15 is 0 Å². The van der Waals surface area contributed by atoms with E-state index in [-0.39, 0.29) is 16.5 Å². The summed E-state index contributed by atoms with van der Waals surface area (Å²) >= 11 is 0. The quantitative estimate of drug-likeness (QED) is 0.338. The topological polar surface area (TPSA) is 115 Å². The molecular weight excluding hydrogens is 227 g/mol. The third-order valence-corrected chi connectivity index (χ3v) is 1.31. The Hall–Kier alpha value is -1.49. The largest absolute Gasteiger partial charge is 0.501 e. The number of aliphatic hydroxyl groups is 4. The molecule has 0 saturated carbocycles. The summed E-state index contributed by atoms with van der Waals surface area (Å²) in [6, 6.07) is 0. The van der Waals surface area contributed by atoms with Crippen LogP contribution in [-0.2, 0) is 26.1 Å². The first kappa shape index (κ1) is 11.5. The van der Waals surface area contributed by atoms with Crippen LogP contribution in [0.5, 0.6) is 0 Å². The molecule has 1 rings (SSSR count). The molecule has 0 heterocycles. The molecule has 0 aliphatic heterocycles. The van der Waals surface area contributed by atoms with Gasteiger partial charge in [-0.25, -0.2) is 0 Å². The van der Waals surface area contributed by atoms with Gasteiger partial charge in [0.15, 0.2) is 0 Å². The van der Waals surface area contributed by atoms with Gasteiger partial charge < -0.3 is 20.4 Å². The van der Waals surface area contributed by atoms with Crippen molar-refractivity contribution >= 4 is 11.6 Å². The van der Waals surface area contributed by atoms with E-state index in [1.807, 2.05) is 0 Å². The fourth-order valence-corrected chi connectivity index (χ4v) is 0.654. The number of carbonyl (C=O) groups excluding carboxylic acids is 2. The number of ketones is 2. The molecule has 0 amide bonds. The molecule has 0 spiro atoms. The van der Waals surface area contributed by atoms with E-state index < -0.39 is 34.6 Å². The number of carbonyl (C=O) groups is 2. The van der Waals surface area contributed by atoms with Crippen LogP contribution in [0.15, 0.2) is 23.0 Å². The summed E-state index contributed by atoms with van der Waals surface area (Å²) in [5.41, 5.74) is 0. The van der Waals surface area contributed by atoms with Crippen LogP contribution in [0.4, 0.5) is 0 Å². The summed E-state index contributed by atoms with van der Waals surface area (Å²) < 4.78 is 0. The third kappa shape index (κ3) is 1.50. The van der Waals surface area contributed by atoms with Crippen LogP contribution in [-0.4, -0.2) is 32.0 Å². The Morgan fingerprint density at radius 2 is 0.769 bits per heavy atom. The molecule has 7 heteroatoms. The maximum atomic E-state index is 10.6. The van der Waals surface area contributed by atoms with Gasteiger partial charge in [-0.15, -0.1) is 0 Å². The summed E-state index contributed by atoms with van der Waals surface area (Å²) in [6.07, 6.45) is 0. The Morgan fingerprint density at radius 3 is 0.923 bits per heavy atom. The average molecular weight is 231 g/mol. The fourth-order valence-electron chi connectivity index (χ4n) is 0.654. The Kier molecular flexibility index (Phi) is 3.09. The van der Waals surface area contributed by atoms with Crippen LogP contribution >= 0.6 is 0 Å². The third-order valence-electron chi connectivity index (χ3n) is 1.31. The molecule has 0 atom stereocenters. The second-order valence-electron chi connectivity index (χ2n) is 2.05. The molecule has 0 aromatic carbocycles. The van der Waals surface area contributed by atoms with Crippen molar-refractivity contribution in [1.82, 2.24) is 0 Å². The SMILES string of the molecule is O=C1C(O)=C(O)C(=O)C(O)=C1O.[Ni]. The first-order valence-corrected chi connectivity index (χ1v) is 2.80. The van der Waals surface area contributed by atoms with Crippen LogP contribution in [0.25, 0.3) is 0 Å². The van der Waals surface area contributed by atoms with Gasteiger partial charge in [-0.2, -0.15) is 0 Å². The van der Waals surface area contributed by atoms with Crippen molar-refractivity contribution in [2.45, 2.75) is 0 Å². The smallest absolute Gasteiger partial charge is 0.269 e. The summed E-state index contributed by atoms with van der Waals surface area (Å²) in [4.78, 5) is 21.2. The van der Waals surface area contributed by atoms with Crippen molar-refractivity contribution in [2.24, 2.45) is 0 Å². The number of hydrogen-bond donors (Lipinski definition) is 4. The number of Topliss-reactive ketones (excluding diaryl/α,β-unsaturated/α-hetero) is 2. The molecule has 0 unspecified atom stereocenters. The first-order valence-electron chi connectivity index (χ1n) is 2.80. The summed E-state index contributed by atoms with van der Waals surface area (Å²) in [6.45, 7) is 0. The second kappa shape index (κ2) is 3.49. The standard InChI is InChI=1S/C6H4O6.Ni/c7-1-2(8)4(10)6(12)5(11)3(1)9;/h7-8,11-12H;. The summed E-state index contributed by atoms with van der Waals surface area (Å²) in [7, 11) is 0. The zero-order valence-corrected chi connectivity index (χ0v) is 6.91. The van der Waals surface area contributed by atoms with Crippen molar-refractivity contribution in [3.63, 3.8) is 0 Å². The minimum Gasteiger partial charge on any atom is -0.501 e. The first-order chi connectivity index (χ1) is 5.46. The van der Waals surface area contributed by atoms with Crippen LogP contribution in [0.3, 0.4) is 0 Å². The van der Waals surface area contributed by atoms with Crippen molar-refractivity contribution in [2.75, 3.05) is 0 Å². The maximum Gasteiger partial charge on any atom is 0.269 e. The van der Waals surface area contributed by atoms with Crippen LogP contribution in [0.2, 0.25) is 0 Å². The molecule has 1 aliphatic rings. The molecule has 6 nitrogen and oxygen atoms in total. The minimum absolute atomic E-state index is 0. The molecule has 4 N–H and O–H groups in total. The van der Waals surface area contributed by atoms with Gasteiger partial charge in [0.2, 0.25) is 23.0 Å². The molecule has 0 radical (unpaired) electrons. The van der Waals surface area contributed by atoms with E-state index in [2.05, 4.69) is 0 Å². The predicted octanol–water partition coefficient (Wildman–Crippen LogP) is -0.209. The number of aliphatic hydroxyl groups excluding tert-OH is 4. The number of rotatable bonds is 0. The van der Waals surface area contributed by atoms with Gasteiger partial charge in [0, 0.05) is 16.5 Å². The van der Waals surface area contributed by atoms with Crippen molar-refractivity contribution in [1.29, 1.82) is 0 Å². The van der Waals surface area contributed by atoms with E-state index in [9.17, 15) is 9.59 Å². The molecule has 0 saturated heterocycles. The van der Waals surface area contributed by atoms with Crippen molar-refractivity contribution < 1.29 is 46.5 Å². The molecule has 13 heavy (non-hydrogen) atoms. The summed E-state index contributed by atoms with van der Waals surface area (Å²) in [5, 5.41) is 34.6. The van der Waals surface area contributed by atoms with Gasteiger partial charge in [0.25, 0.3) is 11.6 Å². The molecule has 74 valence electrons. The average Bonchev–Trinajstić information content (AvgIpc) is 2.08. The van der Waals surface area contributed by atoms with Gasteiger partial charge >= 0.3 is 0 Å². The van der Waals surface area contributed by atoms with E-state index in [1.165, 1.54) is 0 Å². The molecule has 0 bridgehead atoms. The van der Waals surface area contributed by atoms with Crippen molar-refractivity contribution in [3.05, 3.63) is 23.0 Å². The van der Waals surface area contributed by atoms with E-state index in [0.29, 0.717) is 0 Å². The van der Waals surface area contributed by atoms with E-state index in [0.717, 1.165) is 0 Å². The zero-order valence-electron chi connectivity index (χ0n) is 5.92. The van der Waals surface area contributed by atoms with Crippen LogP contribution in [0.1, 0.15) is 0 Å². The Labute approximate surface area is 81.7 Å². The van der Waals surface area contributed by atoms with Gasteiger partial charge in [0.1, 0.15) is 0 Å². The normalized spacial score (nSPS) is 17.5. The fraction of sp³-hybridized carbons (Fsp3) is 0. The molecular formula is C6H4NiO6. The zero-order chi connectivity index (χ0) is 9.46. The van der Waals surface area contributed by atoms with Crippen LogP contribution in [0, 0.1) is 0 Å². The summed E-state index contributed by atoms with van der Waals surface area (Å²) in [5.74, 6) is -7.84. The van der Waals surface area contributed by atoms with Gasteiger partial charge in [0.05, 0.1) is 0 Å². The monoisotopic (exact) mass is 230 g/mol. The number of hydrogen-bond acceptors (Lipinski definition) is 6. The Bertz CT molecular complexity index is 277. The minimum atomic E-state index is -1.38. The molecule has 1 aliphatic carbocycles.